The lowest BCUT2D eigenvalue weighted by Gasteiger charge is -2.12. The minimum atomic E-state index is -4.58. The largest absolute Gasteiger partial charge is 0.414 e. The number of aromatic nitrogens is 2. The van der Waals surface area contributed by atoms with Gasteiger partial charge < -0.3 is 5.11 Å². The molecule has 0 aliphatic carbocycles. The quantitative estimate of drug-likeness (QED) is 0.848. The van der Waals surface area contributed by atoms with Crippen molar-refractivity contribution in [2.24, 2.45) is 0 Å². The molecule has 0 amide bonds. The molecule has 1 heterocycles. The first kappa shape index (κ1) is 12.0. The third-order valence-corrected chi connectivity index (χ3v) is 1.97. The number of aliphatic hydroxyl groups excluding tert-OH is 1. The molecule has 0 bridgehead atoms. The van der Waals surface area contributed by atoms with Gasteiger partial charge in [-0.2, -0.15) is 18.3 Å². The first-order valence-electron chi connectivity index (χ1n) is 4.59. The molecular weight excluding hydrogens is 209 g/mol. The molecule has 0 spiro atoms. The number of hydrogen-bond acceptors (Lipinski definition) is 2. The van der Waals surface area contributed by atoms with Crippen molar-refractivity contribution < 1.29 is 18.3 Å². The SMILES string of the molecule is CC(C)n1ccc(C[C@H](O)C(F)(F)F)n1. The summed E-state index contributed by atoms with van der Waals surface area (Å²) in [4.78, 5) is 0. The molecule has 6 heteroatoms. The highest BCUT2D eigenvalue weighted by Crippen LogP contribution is 2.22. The van der Waals surface area contributed by atoms with Crippen molar-refractivity contribution in [3.63, 3.8) is 0 Å². The molecule has 0 aliphatic heterocycles. The molecule has 0 radical (unpaired) electrons. The Morgan fingerprint density at radius 2 is 2.07 bits per heavy atom. The Labute approximate surface area is 85.5 Å². The van der Waals surface area contributed by atoms with Gasteiger partial charge in [0.1, 0.15) is 0 Å². The van der Waals surface area contributed by atoms with E-state index in [9.17, 15) is 13.2 Å². The molecule has 3 nitrogen and oxygen atoms in total. The van der Waals surface area contributed by atoms with Gasteiger partial charge in [0.05, 0.1) is 5.69 Å². The lowest BCUT2D eigenvalue weighted by atomic mass is 10.2. The summed E-state index contributed by atoms with van der Waals surface area (Å²) in [6, 6.07) is 1.58. The standard InChI is InChI=1S/C9H13F3N2O/c1-6(2)14-4-3-7(13-14)5-8(15)9(10,11)12/h3-4,6,8,15H,5H2,1-2H3/t8-/m0/s1. The highest BCUT2D eigenvalue weighted by molar-refractivity contribution is 5.01. The molecular formula is C9H13F3N2O. The Morgan fingerprint density at radius 1 is 1.47 bits per heavy atom. The van der Waals surface area contributed by atoms with E-state index in [0.717, 1.165) is 0 Å². The smallest absolute Gasteiger partial charge is 0.383 e. The van der Waals surface area contributed by atoms with Crippen molar-refractivity contribution >= 4 is 0 Å². The molecule has 1 rings (SSSR count). The van der Waals surface area contributed by atoms with Crippen LogP contribution < -0.4 is 0 Å². The second kappa shape index (κ2) is 4.22. The van der Waals surface area contributed by atoms with Crippen molar-refractivity contribution in [3.05, 3.63) is 18.0 Å². The van der Waals surface area contributed by atoms with Crippen LogP contribution in [0.1, 0.15) is 25.6 Å². The monoisotopic (exact) mass is 222 g/mol. The van der Waals surface area contributed by atoms with Crippen LogP contribution in [-0.4, -0.2) is 27.2 Å². The molecule has 0 unspecified atom stereocenters. The van der Waals surface area contributed by atoms with E-state index in [2.05, 4.69) is 5.10 Å². The van der Waals surface area contributed by atoms with Gasteiger partial charge in [-0.15, -0.1) is 0 Å². The van der Waals surface area contributed by atoms with Crippen molar-refractivity contribution in [2.75, 3.05) is 0 Å². The van der Waals surface area contributed by atoms with Gasteiger partial charge >= 0.3 is 6.18 Å². The normalized spacial score (nSPS) is 14.6. The first-order chi connectivity index (χ1) is 6.80. The fourth-order valence-corrected chi connectivity index (χ4v) is 1.09. The second-order valence-electron chi connectivity index (χ2n) is 3.64. The third-order valence-electron chi connectivity index (χ3n) is 1.97. The summed E-state index contributed by atoms with van der Waals surface area (Å²) in [6.07, 6.45) is -5.82. The van der Waals surface area contributed by atoms with E-state index in [0.29, 0.717) is 0 Å². The summed E-state index contributed by atoms with van der Waals surface area (Å²) in [5, 5.41) is 12.7. The van der Waals surface area contributed by atoms with E-state index in [4.69, 9.17) is 5.11 Å². The Kier molecular flexibility index (Phi) is 3.38. The van der Waals surface area contributed by atoms with Gasteiger partial charge in [-0.25, -0.2) is 0 Å². The highest BCUT2D eigenvalue weighted by atomic mass is 19.4. The lowest BCUT2D eigenvalue weighted by Crippen LogP contribution is -2.30. The third kappa shape index (κ3) is 3.23. The predicted octanol–water partition coefficient (Wildman–Crippen LogP) is 1.93. The van der Waals surface area contributed by atoms with Gasteiger partial charge in [-0.1, -0.05) is 0 Å². The summed E-state index contributed by atoms with van der Waals surface area (Å²) < 4.78 is 37.6. The molecule has 0 saturated carbocycles. The predicted molar refractivity (Wildman–Crippen MR) is 48.4 cm³/mol. The van der Waals surface area contributed by atoms with Crippen molar-refractivity contribution in [1.82, 2.24) is 9.78 Å². The van der Waals surface area contributed by atoms with Gasteiger partial charge in [0.15, 0.2) is 6.10 Å². The molecule has 86 valence electrons. The fraction of sp³-hybridized carbons (Fsp3) is 0.667. The van der Waals surface area contributed by atoms with E-state index in [-0.39, 0.29) is 11.7 Å². The van der Waals surface area contributed by atoms with E-state index in [1.54, 1.807) is 10.9 Å². The van der Waals surface area contributed by atoms with Crippen LogP contribution in [-0.2, 0) is 6.42 Å². The Hall–Kier alpha value is -1.04. The molecule has 0 fully saturated rings. The molecule has 0 aromatic carbocycles. The summed E-state index contributed by atoms with van der Waals surface area (Å²) in [5.74, 6) is 0. The fourth-order valence-electron chi connectivity index (χ4n) is 1.09. The second-order valence-corrected chi connectivity index (χ2v) is 3.64. The molecule has 1 aromatic rings. The van der Waals surface area contributed by atoms with Gasteiger partial charge in [0.25, 0.3) is 0 Å². The van der Waals surface area contributed by atoms with E-state index >= 15 is 0 Å². The van der Waals surface area contributed by atoms with E-state index in [1.165, 1.54) is 6.07 Å². The summed E-state index contributed by atoms with van der Waals surface area (Å²) in [7, 11) is 0. The van der Waals surface area contributed by atoms with Gasteiger partial charge in [0, 0.05) is 18.7 Å². The van der Waals surface area contributed by atoms with Crippen molar-refractivity contribution in [2.45, 2.75) is 38.6 Å². The van der Waals surface area contributed by atoms with Crippen LogP contribution in [0.25, 0.3) is 0 Å². The molecule has 0 aliphatic rings. The van der Waals surface area contributed by atoms with Crippen LogP contribution >= 0.6 is 0 Å². The van der Waals surface area contributed by atoms with Crippen LogP contribution in [0, 0.1) is 0 Å². The maximum atomic E-state index is 12.0. The summed E-state index contributed by atoms with van der Waals surface area (Å²) >= 11 is 0. The summed E-state index contributed by atoms with van der Waals surface area (Å²) in [5.41, 5.74) is 0.244. The molecule has 1 N–H and O–H groups in total. The number of rotatable bonds is 3. The van der Waals surface area contributed by atoms with Crippen LogP contribution in [0.4, 0.5) is 13.2 Å². The first-order valence-corrected chi connectivity index (χ1v) is 4.59. The molecule has 15 heavy (non-hydrogen) atoms. The zero-order valence-corrected chi connectivity index (χ0v) is 8.49. The van der Waals surface area contributed by atoms with Crippen molar-refractivity contribution in [1.29, 1.82) is 0 Å². The highest BCUT2D eigenvalue weighted by Gasteiger charge is 2.38. The topological polar surface area (TPSA) is 38.0 Å². The van der Waals surface area contributed by atoms with Gasteiger partial charge in [-0.3, -0.25) is 4.68 Å². The van der Waals surface area contributed by atoms with Crippen LogP contribution in [0.2, 0.25) is 0 Å². The Morgan fingerprint density at radius 3 is 2.47 bits per heavy atom. The minimum absolute atomic E-state index is 0.0989. The number of alkyl halides is 3. The lowest BCUT2D eigenvalue weighted by molar-refractivity contribution is -0.203. The number of aliphatic hydroxyl groups is 1. The minimum Gasteiger partial charge on any atom is -0.383 e. The Bertz CT molecular complexity index is 319. The van der Waals surface area contributed by atoms with Gasteiger partial charge in [-0.05, 0) is 19.9 Å². The number of hydrogen-bond donors (Lipinski definition) is 1. The van der Waals surface area contributed by atoms with Crippen molar-refractivity contribution in [3.8, 4) is 0 Å². The average Bonchev–Trinajstić information content (AvgIpc) is 2.50. The zero-order valence-electron chi connectivity index (χ0n) is 8.49. The maximum Gasteiger partial charge on any atom is 0.414 e. The number of nitrogens with zero attached hydrogens (tertiary/aromatic N) is 2. The number of halogens is 3. The van der Waals surface area contributed by atoms with Crippen LogP contribution in [0.15, 0.2) is 12.3 Å². The summed E-state index contributed by atoms with van der Waals surface area (Å²) in [6.45, 7) is 3.74. The molecule has 0 saturated heterocycles. The molecule has 1 aromatic heterocycles. The van der Waals surface area contributed by atoms with Crippen LogP contribution in [0.5, 0.6) is 0 Å². The maximum absolute atomic E-state index is 12.0. The molecule has 1 atom stereocenters. The van der Waals surface area contributed by atoms with Crippen LogP contribution in [0.3, 0.4) is 0 Å². The van der Waals surface area contributed by atoms with E-state index < -0.39 is 18.7 Å². The Balaban J connectivity index is 2.65. The van der Waals surface area contributed by atoms with Gasteiger partial charge in [0.2, 0.25) is 0 Å². The average molecular weight is 222 g/mol. The zero-order chi connectivity index (χ0) is 11.6. The van der Waals surface area contributed by atoms with E-state index in [1.807, 2.05) is 13.8 Å².